The van der Waals surface area contributed by atoms with Gasteiger partial charge in [0.1, 0.15) is 0 Å². The third kappa shape index (κ3) is 4.27. The van der Waals surface area contributed by atoms with Gasteiger partial charge in [0.05, 0.1) is 5.41 Å². The zero-order chi connectivity index (χ0) is 20.4. The monoisotopic (exact) mass is 680 g/mol. The van der Waals surface area contributed by atoms with Gasteiger partial charge in [0.2, 0.25) is 0 Å². The lowest BCUT2D eigenvalue weighted by atomic mass is 9.65. The largest absolute Gasteiger partial charge is 0.0701 e. The van der Waals surface area contributed by atoms with Crippen LogP contribution in [0.2, 0.25) is 0 Å². The van der Waals surface area contributed by atoms with Crippen LogP contribution in [0.5, 0.6) is 0 Å². The quantitative estimate of drug-likeness (QED) is 0.149. The maximum Gasteiger partial charge on any atom is 0.0701 e. The van der Waals surface area contributed by atoms with Crippen molar-refractivity contribution in [3.8, 4) is 0 Å². The Kier molecular flexibility index (Phi) is 6.64. The van der Waals surface area contributed by atoms with Crippen LogP contribution in [0, 0.1) is 3.57 Å². The van der Waals surface area contributed by atoms with E-state index in [4.69, 9.17) is 0 Å². The maximum absolute atomic E-state index is 3.60. The van der Waals surface area contributed by atoms with Crippen LogP contribution in [0.15, 0.2) is 110 Å². The second-order valence-corrected chi connectivity index (χ2v) is 10.8. The highest BCUT2D eigenvalue weighted by atomic mass is 127. The number of rotatable bonds is 4. The summed E-state index contributed by atoms with van der Waals surface area (Å²) >= 11 is 13.2. The molecule has 0 heterocycles. The van der Waals surface area contributed by atoms with Crippen LogP contribution in [-0.4, -0.2) is 0 Å². The molecule has 0 radical (unpaired) electrons. The smallest absolute Gasteiger partial charge is 0.0564 e. The Balaban J connectivity index is 2.11. The summed E-state index contributed by atoms with van der Waals surface area (Å²) in [5.74, 6) is 0. The van der Waals surface area contributed by atoms with Crippen molar-refractivity contribution in [2.45, 2.75) is 5.41 Å². The van der Waals surface area contributed by atoms with Crippen molar-refractivity contribution in [2.75, 3.05) is 0 Å². The summed E-state index contributed by atoms with van der Waals surface area (Å²) in [4.78, 5) is 0. The number of halogens is 4. The van der Waals surface area contributed by atoms with Gasteiger partial charge in [0, 0.05) is 17.0 Å². The Labute approximate surface area is 210 Å². The molecule has 0 N–H and O–H groups in total. The van der Waals surface area contributed by atoms with Gasteiger partial charge >= 0.3 is 0 Å². The first-order valence-electron chi connectivity index (χ1n) is 9.04. The van der Waals surface area contributed by atoms with E-state index in [2.05, 4.69) is 167 Å². The zero-order valence-corrected chi connectivity index (χ0v) is 22.2. The Morgan fingerprint density at radius 2 is 0.655 bits per heavy atom. The van der Waals surface area contributed by atoms with Gasteiger partial charge in [-0.05, 0) is 93.4 Å². The highest BCUT2D eigenvalue weighted by Crippen LogP contribution is 2.46. The van der Waals surface area contributed by atoms with Crippen molar-refractivity contribution in [3.63, 3.8) is 0 Å². The Hall–Kier alpha value is -0.950. The van der Waals surface area contributed by atoms with Gasteiger partial charge in [0.25, 0.3) is 0 Å². The molecule has 4 heteroatoms. The topological polar surface area (TPSA) is 0 Å². The van der Waals surface area contributed by atoms with Gasteiger partial charge in [-0.15, -0.1) is 0 Å². The third-order valence-corrected chi connectivity index (χ3v) is 7.41. The molecule has 144 valence electrons. The third-order valence-electron chi connectivity index (χ3n) is 5.11. The molecule has 0 saturated heterocycles. The Morgan fingerprint density at radius 3 is 0.931 bits per heavy atom. The fraction of sp³-hybridized carbons (Fsp3) is 0.0400. The fourth-order valence-corrected chi connectivity index (χ4v) is 4.95. The minimum absolute atomic E-state index is 0.424. The van der Waals surface area contributed by atoms with Crippen LogP contribution in [0.3, 0.4) is 0 Å². The van der Waals surface area contributed by atoms with Crippen molar-refractivity contribution in [2.24, 2.45) is 0 Å². The van der Waals surface area contributed by atoms with E-state index in [-0.39, 0.29) is 0 Å². The van der Waals surface area contributed by atoms with Gasteiger partial charge in [-0.2, -0.15) is 0 Å². The molecule has 4 rings (SSSR count). The number of hydrogen-bond donors (Lipinski definition) is 0. The molecule has 0 unspecified atom stereocenters. The van der Waals surface area contributed by atoms with Gasteiger partial charge < -0.3 is 0 Å². The molecule has 0 aliphatic heterocycles. The van der Waals surface area contributed by atoms with Crippen molar-refractivity contribution in [3.05, 3.63) is 136 Å². The van der Waals surface area contributed by atoms with Crippen LogP contribution in [0.25, 0.3) is 0 Å². The minimum Gasteiger partial charge on any atom is -0.0564 e. The average Bonchev–Trinajstić information content (AvgIpc) is 2.73. The van der Waals surface area contributed by atoms with E-state index >= 15 is 0 Å². The molecule has 29 heavy (non-hydrogen) atoms. The normalized spacial score (nSPS) is 11.4. The van der Waals surface area contributed by atoms with Crippen LogP contribution in [-0.2, 0) is 5.41 Å². The maximum atomic E-state index is 3.60. The average molecular weight is 683 g/mol. The number of benzene rings is 4. The molecule has 0 aliphatic carbocycles. The lowest BCUT2D eigenvalue weighted by molar-refractivity contribution is 0.744. The molecular formula is C25H16Br3I. The molecule has 0 aliphatic rings. The second kappa shape index (κ2) is 9.04. The molecule has 0 spiro atoms. The van der Waals surface area contributed by atoms with Gasteiger partial charge in [-0.25, -0.2) is 0 Å². The van der Waals surface area contributed by atoms with Crippen LogP contribution in [0.4, 0.5) is 0 Å². The molecule has 0 fully saturated rings. The second-order valence-electron chi connectivity index (χ2n) is 6.78. The molecule has 0 saturated carbocycles. The van der Waals surface area contributed by atoms with E-state index in [1.165, 1.54) is 25.8 Å². The first-order valence-corrected chi connectivity index (χ1v) is 12.5. The van der Waals surface area contributed by atoms with E-state index in [9.17, 15) is 0 Å². The summed E-state index contributed by atoms with van der Waals surface area (Å²) in [5, 5.41) is 0. The Bertz CT molecular complexity index is 913. The molecule has 4 aromatic carbocycles. The van der Waals surface area contributed by atoms with Gasteiger partial charge in [-0.3, -0.25) is 0 Å². The summed E-state index contributed by atoms with van der Waals surface area (Å²) in [6.07, 6.45) is 0. The molecule has 0 amide bonds. The lowest BCUT2D eigenvalue weighted by Crippen LogP contribution is -2.31. The van der Waals surface area contributed by atoms with Crippen molar-refractivity contribution >= 4 is 70.4 Å². The van der Waals surface area contributed by atoms with E-state index in [1.54, 1.807) is 0 Å². The molecule has 0 atom stereocenters. The SMILES string of the molecule is Brc1ccc(C(c2ccc(Br)cc2)(c2ccc(Br)cc2)c2ccc(I)cc2)cc1. The summed E-state index contributed by atoms with van der Waals surface area (Å²) in [7, 11) is 0. The summed E-state index contributed by atoms with van der Waals surface area (Å²) in [6, 6.07) is 34.9. The fourth-order valence-electron chi connectivity index (χ4n) is 3.80. The van der Waals surface area contributed by atoms with Crippen molar-refractivity contribution in [1.82, 2.24) is 0 Å². The molecular weight excluding hydrogens is 667 g/mol. The van der Waals surface area contributed by atoms with E-state index < -0.39 is 5.41 Å². The molecule has 0 bridgehead atoms. The predicted octanol–water partition coefficient (Wildman–Crippen LogP) is 8.96. The summed E-state index contributed by atoms with van der Waals surface area (Å²) < 4.78 is 4.45. The lowest BCUT2D eigenvalue weighted by Gasteiger charge is -2.37. The van der Waals surface area contributed by atoms with E-state index in [0.29, 0.717) is 0 Å². The molecule has 0 aromatic heterocycles. The van der Waals surface area contributed by atoms with E-state index in [1.807, 2.05) is 0 Å². The first-order chi connectivity index (χ1) is 14.0. The molecule has 4 aromatic rings. The van der Waals surface area contributed by atoms with Crippen LogP contribution < -0.4 is 0 Å². The van der Waals surface area contributed by atoms with Crippen molar-refractivity contribution < 1.29 is 0 Å². The minimum atomic E-state index is -0.424. The summed E-state index contributed by atoms with van der Waals surface area (Å²) in [6.45, 7) is 0. The highest BCUT2D eigenvalue weighted by Gasteiger charge is 2.38. The van der Waals surface area contributed by atoms with Crippen LogP contribution >= 0.6 is 70.4 Å². The van der Waals surface area contributed by atoms with Gasteiger partial charge in [-0.1, -0.05) is 96.3 Å². The van der Waals surface area contributed by atoms with Crippen LogP contribution in [0.1, 0.15) is 22.3 Å². The highest BCUT2D eigenvalue weighted by molar-refractivity contribution is 14.1. The zero-order valence-electron chi connectivity index (χ0n) is 15.2. The Morgan fingerprint density at radius 1 is 0.414 bits per heavy atom. The standard InChI is InChI=1S/C25H16Br3I/c26-21-9-1-17(2-10-21)25(18-3-11-22(27)12-4-18,19-5-13-23(28)14-6-19)20-7-15-24(29)16-8-20/h1-16H. The summed E-state index contributed by atoms with van der Waals surface area (Å²) in [5.41, 5.74) is 4.50. The van der Waals surface area contributed by atoms with Gasteiger partial charge in [0.15, 0.2) is 0 Å². The van der Waals surface area contributed by atoms with E-state index in [0.717, 1.165) is 13.4 Å². The van der Waals surface area contributed by atoms with Crippen molar-refractivity contribution in [1.29, 1.82) is 0 Å². The predicted molar refractivity (Wildman–Crippen MR) is 141 cm³/mol. The first kappa shape index (κ1) is 21.3. The molecule has 0 nitrogen and oxygen atoms in total. The number of hydrogen-bond acceptors (Lipinski definition) is 0.